The van der Waals surface area contributed by atoms with E-state index in [1.54, 1.807) is 0 Å². The van der Waals surface area contributed by atoms with Gasteiger partial charge in [-0.15, -0.1) is 24.0 Å². The first-order valence-electron chi connectivity index (χ1n) is 10.3. The highest BCUT2D eigenvalue weighted by Crippen LogP contribution is 2.28. The van der Waals surface area contributed by atoms with E-state index in [-0.39, 0.29) is 24.0 Å². The number of anilines is 1. The lowest BCUT2D eigenvalue weighted by Crippen LogP contribution is -2.40. The Balaban J connectivity index is 0.00000280. The van der Waals surface area contributed by atoms with Crippen molar-refractivity contribution in [1.82, 2.24) is 10.2 Å². The molecule has 0 amide bonds. The molecule has 2 aliphatic rings. The van der Waals surface area contributed by atoms with E-state index in [1.807, 2.05) is 0 Å². The van der Waals surface area contributed by atoms with Crippen LogP contribution in [0, 0.1) is 5.92 Å². The molecule has 0 spiro atoms. The minimum absolute atomic E-state index is 0. The zero-order chi connectivity index (χ0) is 18.9. The van der Waals surface area contributed by atoms with Crippen molar-refractivity contribution in [2.24, 2.45) is 10.9 Å². The van der Waals surface area contributed by atoms with Crippen LogP contribution < -0.4 is 10.2 Å². The molecular formula is C21H35IN4O2. The summed E-state index contributed by atoms with van der Waals surface area (Å²) >= 11 is 0. The molecule has 1 aliphatic carbocycles. The van der Waals surface area contributed by atoms with Gasteiger partial charge in [-0.05, 0) is 37.3 Å². The summed E-state index contributed by atoms with van der Waals surface area (Å²) in [4.78, 5) is 9.44. The van der Waals surface area contributed by atoms with E-state index in [0.29, 0.717) is 6.54 Å². The summed E-state index contributed by atoms with van der Waals surface area (Å²) in [6, 6.07) is 8.57. The number of morpholine rings is 1. The number of guanidine groups is 1. The second kappa shape index (κ2) is 12.5. The smallest absolute Gasteiger partial charge is 0.194 e. The summed E-state index contributed by atoms with van der Waals surface area (Å²) in [6.07, 6.45) is 2.67. The summed E-state index contributed by atoms with van der Waals surface area (Å²) in [7, 11) is 2.08. The molecule has 0 radical (unpaired) electrons. The number of para-hydroxylation sites is 1. The minimum Gasteiger partial charge on any atom is -0.379 e. The summed E-state index contributed by atoms with van der Waals surface area (Å²) < 4.78 is 11.3. The van der Waals surface area contributed by atoms with Crippen molar-refractivity contribution in [3.05, 3.63) is 29.8 Å². The number of nitrogens with zero attached hydrogens (tertiary/aromatic N) is 3. The lowest BCUT2D eigenvalue weighted by atomic mass is 10.1. The third-order valence-electron chi connectivity index (χ3n) is 5.06. The van der Waals surface area contributed by atoms with Gasteiger partial charge in [0.05, 0.1) is 26.4 Å². The molecule has 7 heteroatoms. The molecule has 1 saturated carbocycles. The fraction of sp³-hybridized carbons (Fsp3) is 0.667. The average molecular weight is 502 g/mol. The lowest BCUT2D eigenvalue weighted by Gasteiger charge is -2.30. The second-order valence-electron chi connectivity index (χ2n) is 7.34. The van der Waals surface area contributed by atoms with Crippen LogP contribution in [0.3, 0.4) is 0 Å². The molecule has 1 aliphatic heterocycles. The third kappa shape index (κ3) is 7.40. The van der Waals surface area contributed by atoms with Crippen LogP contribution in [0.4, 0.5) is 5.69 Å². The van der Waals surface area contributed by atoms with Gasteiger partial charge in [0.2, 0.25) is 0 Å². The summed E-state index contributed by atoms with van der Waals surface area (Å²) in [5.74, 6) is 1.75. The Morgan fingerprint density at radius 1 is 1.29 bits per heavy atom. The maximum Gasteiger partial charge on any atom is 0.194 e. The van der Waals surface area contributed by atoms with Crippen LogP contribution in [-0.4, -0.2) is 70.5 Å². The van der Waals surface area contributed by atoms with Crippen molar-refractivity contribution < 1.29 is 9.47 Å². The Hall–Kier alpha value is -1.06. The first-order chi connectivity index (χ1) is 13.3. The van der Waals surface area contributed by atoms with Crippen LogP contribution in [0.5, 0.6) is 0 Å². The topological polar surface area (TPSA) is 49.3 Å². The highest BCUT2D eigenvalue weighted by molar-refractivity contribution is 14.0. The number of aliphatic imine (C=N–C) groups is 1. The first-order valence-corrected chi connectivity index (χ1v) is 10.3. The highest BCUT2D eigenvalue weighted by Gasteiger charge is 2.21. The van der Waals surface area contributed by atoms with Gasteiger partial charge in [-0.2, -0.15) is 0 Å². The minimum atomic E-state index is 0. The third-order valence-corrected chi connectivity index (χ3v) is 5.06. The van der Waals surface area contributed by atoms with Gasteiger partial charge in [0.1, 0.15) is 0 Å². The van der Waals surface area contributed by atoms with Crippen LogP contribution in [-0.2, 0) is 16.0 Å². The Labute approximate surface area is 186 Å². The molecule has 158 valence electrons. The summed E-state index contributed by atoms with van der Waals surface area (Å²) in [6.45, 7) is 9.63. The van der Waals surface area contributed by atoms with E-state index >= 15 is 0 Å². The maximum absolute atomic E-state index is 5.77. The van der Waals surface area contributed by atoms with Crippen molar-refractivity contribution in [2.45, 2.75) is 26.3 Å². The molecule has 0 unspecified atom stereocenters. The zero-order valence-corrected chi connectivity index (χ0v) is 19.6. The molecular weight excluding hydrogens is 467 g/mol. The van der Waals surface area contributed by atoms with Crippen LogP contribution in [0.25, 0.3) is 0 Å². The van der Waals surface area contributed by atoms with Gasteiger partial charge in [-0.3, -0.25) is 0 Å². The number of rotatable bonds is 9. The number of hydrogen-bond donors (Lipinski definition) is 1. The average Bonchev–Trinajstić information content (AvgIpc) is 3.53. The van der Waals surface area contributed by atoms with Crippen molar-refractivity contribution in [3.8, 4) is 0 Å². The molecule has 3 rings (SSSR count). The van der Waals surface area contributed by atoms with Gasteiger partial charge >= 0.3 is 0 Å². The molecule has 0 aromatic heterocycles. The van der Waals surface area contributed by atoms with Gasteiger partial charge < -0.3 is 24.6 Å². The quantitative estimate of drug-likeness (QED) is 0.244. The molecule has 28 heavy (non-hydrogen) atoms. The van der Waals surface area contributed by atoms with Crippen LogP contribution >= 0.6 is 24.0 Å². The lowest BCUT2D eigenvalue weighted by molar-refractivity contribution is 0.115. The van der Waals surface area contributed by atoms with Crippen LogP contribution in [0.15, 0.2) is 29.3 Å². The number of likely N-dealkylation sites (N-methyl/N-ethyl adjacent to an activating group) is 1. The standard InChI is InChI=1S/C21H34N4O2.HI/c1-3-22-21(24(2)10-13-27-17-18-8-9-18)23-16-19-6-4-5-7-20(19)25-11-14-26-15-12-25;/h4-7,18H,3,8-17H2,1-2H3,(H,22,23);1H. The van der Waals surface area contributed by atoms with Crippen LogP contribution in [0.1, 0.15) is 25.3 Å². The van der Waals surface area contributed by atoms with E-state index < -0.39 is 0 Å². The summed E-state index contributed by atoms with van der Waals surface area (Å²) in [5.41, 5.74) is 2.53. The molecule has 0 bridgehead atoms. The highest BCUT2D eigenvalue weighted by atomic mass is 127. The molecule has 1 heterocycles. The van der Waals surface area contributed by atoms with Gasteiger partial charge in [0.25, 0.3) is 0 Å². The molecule has 2 fully saturated rings. The second-order valence-corrected chi connectivity index (χ2v) is 7.34. The van der Waals surface area contributed by atoms with Gasteiger partial charge in [-0.1, -0.05) is 18.2 Å². The summed E-state index contributed by atoms with van der Waals surface area (Å²) in [5, 5.41) is 3.40. The maximum atomic E-state index is 5.77. The van der Waals surface area contributed by atoms with E-state index in [0.717, 1.165) is 64.5 Å². The molecule has 1 N–H and O–H groups in total. The Morgan fingerprint density at radius 3 is 2.75 bits per heavy atom. The number of benzene rings is 1. The molecule has 1 saturated heterocycles. The van der Waals surface area contributed by atoms with Crippen molar-refractivity contribution in [3.63, 3.8) is 0 Å². The SMILES string of the molecule is CCNC(=NCc1ccccc1N1CCOCC1)N(C)CCOCC1CC1.I. The molecule has 1 aromatic carbocycles. The van der Waals surface area contributed by atoms with E-state index in [2.05, 4.69) is 53.4 Å². The Morgan fingerprint density at radius 2 is 2.04 bits per heavy atom. The fourth-order valence-corrected chi connectivity index (χ4v) is 3.23. The zero-order valence-electron chi connectivity index (χ0n) is 17.2. The number of hydrogen-bond acceptors (Lipinski definition) is 4. The van der Waals surface area contributed by atoms with Crippen molar-refractivity contribution >= 4 is 35.6 Å². The predicted molar refractivity (Wildman–Crippen MR) is 126 cm³/mol. The monoisotopic (exact) mass is 502 g/mol. The Kier molecular flexibility index (Phi) is 10.4. The fourth-order valence-electron chi connectivity index (χ4n) is 3.23. The number of ether oxygens (including phenoxy) is 2. The van der Waals surface area contributed by atoms with Crippen molar-refractivity contribution in [1.29, 1.82) is 0 Å². The number of nitrogens with one attached hydrogen (secondary N) is 1. The van der Waals surface area contributed by atoms with Gasteiger partial charge in [0.15, 0.2) is 5.96 Å². The number of halogens is 1. The predicted octanol–water partition coefficient (Wildman–Crippen LogP) is 2.97. The molecule has 6 nitrogen and oxygen atoms in total. The first kappa shape index (κ1) is 23.2. The molecule has 1 aromatic rings. The van der Waals surface area contributed by atoms with Crippen LogP contribution in [0.2, 0.25) is 0 Å². The van der Waals surface area contributed by atoms with Gasteiger partial charge in [-0.25, -0.2) is 4.99 Å². The van der Waals surface area contributed by atoms with E-state index in [4.69, 9.17) is 14.5 Å². The van der Waals surface area contributed by atoms with Gasteiger partial charge in [0, 0.05) is 45.5 Å². The normalized spacial score (nSPS) is 17.2. The molecule has 0 atom stereocenters. The largest absolute Gasteiger partial charge is 0.379 e. The van der Waals surface area contributed by atoms with E-state index in [9.17, 15) is 0 Å². The van der Waals surface area contributed by atoms with Crippen molar-refractivity contribution in [2.75, 3.05) is 64.6 Å². The Bertz CT molecular complexity index is 604. The van der Waals surface area contributed by atoms with E-state index in [1.165, 1.54) is 24.1 Å².